The highest BCUT2D eigenvalue weighted by Gasteiger charge is 2.19. The maximum atomic E-state index is 10.3. The van der Waals surface area contributed by atoms with Crippen molar-refractivity contribution in [1.29, 1.82) is 0 Å². The largest absolute Gasteiger partial charge is 0.383 e. The second-order valence-corrected chi connectivity index (χ2v) is 2.84. The lowest BCUT2D eigenvalue weighted by molar-refractivity contribution is -0.401. The van der Waals surface area contributed by atoms with Crippen LogP contribution in [0.25, 0.3) is 5.70 Å². The Morgan fingerprint density at radius 3 is 2.64 bits per heavy atom. The van der Waals surface area contributed by atoms with Crippen molar-refractivity contribution in [3.8, 4) is 0 Å². The molecule has 0 fully saturated rings. The molecule has 0 spiro atoms. The number of nitrogens with zero attached hydrogens (tertiary/aromatic N) is 2. The summed E-state index contributed by atoms with van der Waals surface area (Å²) in [5.74, 6) is 0.328. The molecule has 0 radical (unpaired) electrons. The fourth-order valence-corrected chi connectivity index (χ4v) is 1.38. The quantitative estimate of drug-likeness (QED) is 0.528. The molecule has 2 rings (SSSR count). The second-order valence-electron chi connectivity index (χ2n) is 2.84. The number of hydrogen-bond acceptors (Lipinski definition) is 4. The molecule has 0 bridgehead atoms. The molecule has 1 aromatic rings. The van der Waals surface area contributed by atoms with Gasteiger partial charge in [-0.1, -0.05) is 24.3 Å². The van der Waals surface area contributed by atoms with Crippen molar-refractivity contribution in [2.75, 3.05) is 0 Å². The molecule has 0 amide bonds. The smallest absolute Gasteiger partial charge is 0.260 e. The van der Waals surface area contributed by atoms with Crippen molar-refractivity contribution >= 4 is 11.5 Å². The predicted molar refractivity (Wildman–Crippen MR) is 52.1 cm³/mol. The van der Waals surface area contributed by atoms with E-state index in [0.29, 0.717) is 17.1 Å². The number of amidine groups is 1. The molecule has 0 saturated carbocycles. The Kier molecular flexibility index (Phi) is 1.78. The van der Waals surface area contributed by atoms with E-state index in [2.05, 4.69) is 4.99 Å². The lowest BCUT2D eigenvalue weighted by Gasteiger charge is -1.95. The van der Waals surface area contributed by atoms with Gasteiger partial charge in [0.05, 0.1) is 4.92 Å². The van der Waals surface area contributed by atoms with Gasteiger partial charge in [-0.15, -0.1) is 0 Å². The van der Waals surface area contributed by atoms with Crippen LogP contribution < -0.4 is 5.73 Å². The second kappa shape index (κ2) is 2.95. The minimum absolute atomic E-state index is 0.308. The molecule has 70 valence electrons. The molecule has 5 heteroatoms. The highest BCUT2D eigenvalue weighted by Crippen LogP contribution is 2.26. The van der Waals surface area contributed by atoms with E-state index in [1.807, 2.05) is 6.07 Å². The Morgan fingerprint density at radius 2 is 2.00 bits per heavy atom. The van der Waals surface area contributed by atoms with Gasteiger partial charge in [0.1, 0.15) is 11.5 Å². The van der Waals surface area contributed by atoms with E-state index in [9.17, 15) is 10.1 Å². The molecule has 0 aromatic heterocycles. The summed E-state index contributed by atoms with van der Waals surface area (Å²) in [6.45, 7) is 0. The first kappa shape index (κ1) is 8.43. The summed E-state index contributed by atoms with van der Waals surface area (Å²) in [6.07, 6.45) is 0.860. The molecule has 1 aliphatic rings. The summed E-state index contributed by atoms with van der Waals surface area (Å²) in [5, 5.41) is 10.3. The molecule has 1 aromatic carbocycles. The Morgan fingerprint density at radius 1 is 1.36 bits per heavy atom. The third kappa shape index (κ3) is 1.24. The van der Waals surface area contributed by atoms with Gasteiger partial charge in [-0.25, -0.2) is 4.99 Å². The van der Waals surface area contributed by atoms with Crippen LogP contribution in [-0.2, 0) is 0 Å². The van der Waals surface area contributed by atoms with Crippen molar-refractivity contribution in [2.24, 2.45) is 10.7 Å². The van der Waals surface area contributed by atoms with Crippen LogP contribution in [0, 0.1) is 10.1 Å². The average molecular weight is 189 g/mol. The normalized spacial score (nSPS) is 16.6. The Labute approximate surface area is 79.7 Å². The fourth-order valence-electron chi connectivity index (χ4n) is 1.38. The summed E-state index contributed by atoms with van der Waals surface area (Å²) in [4.78, 5) is 13.7. The van der Waals surface area contributed by atoms with Gasteiger partial charge in [0, 0.05) is 11.1 Å². The van der Waals surface area contributed by atoms with Crippen LogP contribution in [0.5, 0.6) is 0 Å². The molecule has 5 nitrogen and oxygen atoms in total. The topological polar surface area (TPSA) is 81.5 Å². The van der Waals surface area contributed by atoms with E-state index >= 15 is 0 Å². The molecule has 0 saturated heterocycles. The zero-order valence-electron chi connectivity index (χ0n) is 7.18. The van der Waals surface area contributed by atoms with Gasteiger partial charge in [0.2, 0.25) is 0 Å². The Bertz CT molecular complexity index is 463. The third-order valence-electron chi connectivity index (χ3n) is 1.95. The number of rotatable bonds is 1. The van der Waals surface area contributed by atoms with Gasteiger partial charge in [-0.2, -0.15) is 0 Å². The first-order chi connectivity index (χ1) is 6.68. The zero-order chi connectivity index (χ0) is 10.1. The minimum Gasteiger partial charge on any atom is -0.383 e. The monoisotopic (exact) mass is 189 g/mol. The number of nitrogens with two attached hydrogens (primary N) is 1. The molecule has 1 heterocycles. The van der Waals surface area contributed by atoms with E-state index in [1.54, 1.807) is 18.2 Å². The summed E-state index contributed by atoms with van der Waals surface area (Å²) in [6, 6.07) is 7.15. The van der Waals surface area contributed by atoms with Crippen LogP contribution in [0.1, 0.15) is 11.1 Å². The van der Waals surface area contributed by atoms with Gasteiger partial charge in [-0.05, 0) is 0 Å². The van der Waals surface area contributed by atoms with E-state index in [4.69, 9.17) is 5.73 Å². The van der Waals surface area contributed by atoms with E-state index < -0.39 is 4.92 Å². The summed E-state index contributed by atoms with van der Waals surface area (Å²) < 4.78 is 0. The third-order valence-corrected chi connectivity index (χ3v) is 1.95. The summed E-state index contributed by atoms with van der Waals surface area (Å²) in [5.41, 5.74) is 7.37. The lowest BCUT2D eigenvalue weighted by atomic mass is 10.1. The maximum absolute atomic E-state index is 10.3. The molecular weight excluding hydrogens is 182 g/mol. The molecular formula is C9H7N3O2. The Hall–Kier alpha value is -2.17. The van der Waals surface area contributed by atoms with E-state index in [-0.39, 0.29) is 0 Å². The van der Waals surface area contributed by atoms with Gasteiger partial charge < -0.3 is 5.73 Å². The standard InChI is InChI=1S/C9H7N3O2/c10-9-7-4-2-1-3-6(7)8(11-9)5-12(13)14/h1-5H,(H2,10,11). The van der Waals surface area contributed by atoms with Crippen LogP contribution in [0.3, 0.4) is 0 Å². The predicted octanol–water partition coefficient (Wildman–Crippen LogP) is 0.981. The fraction of sp³-hybridized carbons (Fsp3) is 0. The first-order valence-corrected chi connectivity index (χ1v) is 3.98. The lowest BCUT2D eigenvalue weighted by Crippen LogP contribution is -2.09. The highest BCUT2D eigenvalue weighted by atomic mass is 16.6. The van der Waals surface area contributed by atoms with Crippen molar-refractivity contribution in [3.63, 3.8) is 0 Å². The Balaban J connectivity index is 2.57. The number of nitro groups is 1. The summed E-state index contributed by atoms with van der Waals surface area (Å²) >= 11 is 0. The van der Waals surface area contributed by atoms with Crippen molar-refractivity contribution in [3.05, 3.63) is 51.7 Å². The van der Waals surface area contributed by atoms with Crippen LogP contribution in [0.4, 0.5) is 0 Å². The van der Waals surface area contributed by atoms with Gasteiger partial charge in [0.25, 0.3) is 6.20 Å². The van der Waals surface area contributed by atoms with Gasteiger partial charge in [0.15, 0.2) is 0 Å². The summed E-state index contributed by atoms with van der Waals surface area (Å²) in [7, 11) is 0. The van der Waals surface area contributed by atoms with Gasteiger partial charge in [-0.3, -0.25) is 10.1 Å². The molecule has 0 unspecified atom stereocenters. The van der Waals surface area contributed by atoms with E-state index in [1.165, 1.54) is 0 Å². The molecule has 0 aliphatic carbocycles. The van der Waals surface area contributed by atoms with Crippen LogP contribution in [-0.4, -0.2) is 10.8 Å². The SMILES string of the molecule is NC1=NC(=C[N+](=O)[O-])c2ccccc21. The average Bonchev–Trinajstić information content (AvgIpc) is 2.44. The molecule has 0 atom stereocenters. The number of benzene rings is 1. The molecule has 14 heavy (non-hydrogen) atoms. The number of aliphatic imine (C=N–C) groups is 1. The van der Waals surface area contributed by atoms with Gasteiger partial charge >= 0.3 is 0 Å². The first-order valence-electron chi connectivity index (χ1n) is 3.98. The number of fused-ring (bicyclic) bond motifs is 1. The zero-order valence-corrected chi connectivity index (χ0v) is 7.18. The van der Waals surface area contributed by atoms with Crippen LogP contribution in [0.2, 0.25) is 0 Å². The van der Waals surface area contributed by atoms with Crippen molar-refractivity contribution in [2.45, 2.75) is 0 Å². The van der Waals surface area contributed by atoms with E-state index in [0.717, 1.165) is 11.8 Å². The van der Waals surface area contributed by atoms with Crippen LogP contribution >= 0.6 is 0 Å². The van der Waals surface area contributed by atoms with Crippen molar-refractivity contribution < 1.29 is 4.92 Å². The maximum Gasteiger partial charge on any atom is 0.260 e. The highest BCUT2D eigenvalue weighted by molar-refractivity contribution is 6.08. The van der Waals surface area contributed by atoms with Crippen LogP contribution in [0.15, 0.2) is 35.5 Å². The number of hydrogen-bond donors (Lipinski definition) is 1. The molecule has 1 aliphatic heterocycles. The molecule has 2 N–H and O–H groups in total. The minimum atomic E-state index is -0.534. The van der Waals surface area contributed by atoms with Crippen molar-refractivity contribution in [1.82, 2.24) is 0 Å².